The molecule has 0 aliphatic heterocycles. The predicted molar refractivity (Wildman–Crippen MR) is 194 cm³/mol. The lowest BCUT2D eigenvalue weighted by molar-refractivity contribution is 0.673. The van der Waals surface area contributed by atoms with Crippen LogP contribution >= 0.6 is 0 Å². The highest BCUT2D eigenvalue weighted by molar-refractivity contribution is 6.18. The van der Waals surface area contributed by atoms with E-state index in [0.717, 1.165) is 50.0 Å². The molecule has 1 aromatic heterocycles. The first-order valence-corrected chi connectivity index (χ1v) is 15.7. The van der Waals surface area contributed by atoms with Crippen molar-refractivity contribution >= 4 is 60.5 Å². The summed E-state index contributed by atoms with van der Waals surface area (Å²) in [7, 11) is 0. The molecule has 0 saturated heterocycles. The van der Waals surface area contributed by atoms with Crippen LogP contribution in [0.3, 0.4) is 0 Å². The van der Waals surface area contributed by atoms with Crippen molar-refractivity contribution in [3.8, 4) is 22.3 Å². The molecule has 9 aromatic rings. The van der Waals surface area contributed by atoms with E-state index in [-0.39, 0.29) is 0 Å². The van der Waals surface area contributed by atoms with E-state index < -0.39 is 0 Å². The number of nitrogens with zero attached hydrogens (tertiary/aromatic N) is 1. The zero-order chi connectivity index (χ0) is 30.5. The second-order valence-corrected chi connectivity index (χ2v) is 11.7. The van der Waals surface area contributed by atoms with Crippen molar-refractivity contribution in [1.82, 2.24) is 0 Å². The molecule has 0 radical (unpaired) electrons. The number of anilines is 3. The van der Waals surface area contributed by atoms with E-state index in [1.165, 1.54) is 32.8 Å². The third kappa shape index (κ3) is 4.35. The van der Waals surface area contributed by atoms with Crippen molar-refractivity contribution in [1.29, 1.82) is 0 Å². The van der Waals surface area contributed by atoms with E-state index in [0.29, 0.717) is 0 Å². The van der Waals surface area contributed by atoms with E-state index in [1.54, 1.807) is 0 Å². The maximum absolute atomic E-state index is 6.46. The molecule has 1 heterocycles. The van der Waals surface area contributed by atoms with Crippen LogP contribution in [0.1, 0.15) is 0 Å². The first kappa shape index (κ1) is 26.3. The van der Waals surface area contributed by atoms with Gasteiger partial charge in [-0.1, -0.05) is 127 Å². The van der Waals surface area contributed by atoms with E-state index in [1.807, 2.05) is 12.1 Å². The van der Waals surface area contributed by atoms with Gasteiger partial charge in [-0.15, -0.1) is 0 Å². The standard InChI is InChI=1S/C44H29NO/c1-2-13-34(14-3-1)45(35-25-20-31(21-26-35)38-17-8-11-30-10-4-5-15-37(30)38)36-27-22-32(23-28-36)39-18-9-12-33-24-29-41-40-16-6-7-19-42(40)46-44(41)43(33)39/h1-29H. The van der Waals surface area contributed by atoms with Gasteiger partial charge in [-0.05, 0) is 86.9 Å². The number of benzene rings is 8. The summed E-state index contributed by atoms with van der Waals surface area (Å²) in [5.74, 6) is 0. The van der Waals surface area contributed by atoms with Gasteiger partial charge >= 0.3 is 0 Å². The lowest BCUT2D eigenvalue weighted by Gasteiger charge is -2.26. The van der Waals surface area contributed by atoms with Crippen molar-refractivity contribution in [2.45, 2.75) is 0 Å². The summed E-state index contributed by atoms with van der Waals surface area (Å²) < 4.78 is 6.46. The summed E-state index contributed by atoms with van der Waals surface area (Å²) in [5.41, 5.74) is 9.95. The zero-order valence-corrected chi connectivity index (χ0v) is 25.1. The number of para-hydroxylation sites is 2. The van der Waals surface area contributed by atoms with Gasteiger partial charge in [0.05, 0.1) is 0 Å². The van der Waals surface area contributed by atoms with Crippen LogP contribution in [0, 0.1) is 0 Å². The van der Waals surface area contributed by atoms with E-state index >= 15 is 0 Å². The highest BCUT2D eigenvalue weighted by Crippen LogP contribution is 2.41. The highest BCUT2D eigenvalue weighted by Gasteiger charge is 2.16. The molecule has 0 unspecified atom stereocenters. The summed E-state index contributed by atoms with van der Waals surface area (Å²) in [6.45, 7) is 0. The molecule has 8 aromatic carbocycles. The number of hydrogen-bond acceptors (Lipinski definition) is 2. The molecule has 0 aliphatic carbocycles. The summed E-state index contributed by atoms with van der Waals surface area (Å²) in [5, 5.41) is 7.13. The minimum atomic E-state index is 0.917. The van der Waals surface area contributed by atoms with Crippen LogP contribution in [0.2, 0.25) is 0 Å². The smallest absolute Gasteiger partial charge is 0.143 e. The Morgan fingerprint density at radius 1 is 0.348 bits per heavy atom. The normalized spacial score (nSPS) is 11.5. The van der Waals surface area contributed by atoms with Crippen molar-refractivity contribution in [3.05, 3.63) is 176 Å². The van der Waals surface area contributed by atoms with Crippen molar-refractivity contribution in [2.75, 3.05) is 4.90 Å². The SMILES string of the molecule is c1ccc(N(c2ccc(-c3cccc4ccccc34)cc2)c2ccc(-c3cccc4ccc5c6ccccc6oc5c34)cc2)cc1. The molecule has 2 heteroatoms. The number of fused-ring (bicyclic) bond motifs is 6. The molecule has 0 bridgehead atoms. The lowest BCUT2D eigenvalue weighted by atomic mass is 9.96. The van der Waals surface area contributed by atoms with Gasteiger partial charge in [0.2, 0.25) is 0 Å². The van der Waals surface area contributed by atoms with Gasteiger partial charge in [-0.2, -0.15) is 0 Å². The fourth-order valence-electron chi connectivity index (χ4n) is 6.87. The molecular weight excluding hydrogens is 558 g/mol. The van der Waals surface area contributed by atoms with Gasteiger partial charge in [-0.3, -0.25) is 0 Å². The van der Waals surface area contributed by atoms with Crippen molar-refractivity contribution in [3.63, 3.8) is 0 Å². The zero-order valence-electron chi connectivity index (χ0n) is 25.1. The first-order chi connectivity index (χ1) is 22.8. The first-order valence-electron chi connectivity index (χ1n) is 15.7. The summed E-state index contributed by atoms with van der Waals surface area (Å²) >= 11 is 0. The Kier molecular flexibility index (Phi) is 6.17. The van der Waals surface area contributed by atoms with Crippen molar-refractivity contribution < 1.29 is 4.42 Å². The Labute approximate surface area is 267 Å². The predicted octanol–water partition coefficient (Wildman–Crippen LogP) is 12.7. The van der Waals surface area contributed by atoms with Crippen LogP contribution in [0.5, 0.6) is 0 Å². The fraction of sp³-hybridized carbons (Fsp3) is 0. The van der Waals surface area contributed by atoms with Gasteiger partial charge in [0.1, 0.15) is 11.2 Å². The molecule has 0 spiro atoms. The number of hydrogen-bond donors (Lipinski definition) is 0. The van der Waals surface area contributed by atoms with Crippen molar-refractivity contribution in [2.24, 2.45) is 0 Å². The molecule has 0 saturated carbocycles. The Morgan fingerprint density at radius 3 is 1.67 bits per heavy atom. The minimum Gasteiger partial charge on any atom is -0.455 e. The highest BCUT2D eigenvalue weighted by atomic mass is 16.3. The Morgan fingerprint density at radius 2 is 0.913 bits per heavy atom. The average Bonchev–Trinajstić information content (AvgIpc) is 3.52. The summed E-state index contributed by atoms with van der Waals surface area (Å²) in [4.78, 5) is 2.32. The molecule has 0 atom stereocenters. The second kappa shape index (κ2) is 10.8. The molecule has 9 rings (SSSR count). The van der Waals surface area contributed by atoms with Gasteiger partial charge < -0.3 is 9.32 Å². The third-order valence-corrected chi connectivity index (χ3v) is 9.06. The quantitative estimate of drug-likeness (QED) is 0.199. The molecular formula is C44H29NO. The molecule has 216 valence electrons. The minimum absolute atomic E-state index is 0.917. The third-order valence-electron chi connectivity index (χ3n) is 9.06. The Hall–Kier alpha value is -6.12. The van der Waals surface area contributed by atoms with Crippen LogP contribution in [-0.2, 0) is 0 Å². The van der Waals surface area contributed by atoms with Gasteiger partial charge in [-0.25, -0.2) is 0 Å². The van der Waals surface area contributed by atoms with Crippen LogP contribution in [0.15, 0.2) is 180 Å². The van der Waals surface area contributed by atoms with E-state index in [2.05, 4.69) is 169 Å². The average molecular weight is 588 g/mol. The Bertz CT molecular complexity index is 2500. The largest absolute Gasteiger partial charge is 0.455 e. The maximum atomic E-state index is 6.46. The summed E-state index contributed by atoms with van der Waals surface area (Å²) in [6, 6.07) is 62.6. The van der Waals surface area contributed by atoms with Gasteiger partial charge in [0, 0.05) is 33.2 Å². The second-order valence-electron chi connectivity index (χ2n) is 11.7. The fourth-order valence-corrected chi connectivity index (χ4v) is 6.87. The monoisotopic (exact) mass is 587 g/mol. The van der Waals surface area contributed by atoms with E-state index in [4.69, 9.17) is 4.42 Å². The lowest BCUT2D eigenvalue weighted by Crippen LogP contribution is -2.09. The Balaban J connectivity index is 1.13. The van der Waals surface area contributed by atoms with Crippen LogP contribution < -0.4 is 4.90 Å². The molecule has 0 amide bonds. The maximum Gasteiger partial charge on any atom is 0.143 e. The molecule has 0 fully saturated rings. The topological polar surface area (TPSA) is 16.4 Å². The number of furan rings is 1. The van der Waals surface area contributed by atoms with Gasteiger partial charge in [0.15, 0.2) is 0 Å². The summed E-state index contributed by atoms with van der Waals surface area (Å²) in [6.07, 6.45) is 0. The van der Waals surface area contributed by atoms with Gasteiger partial charge in [0.25, 0.3) is 0 Å². The molecule has 46 heavy (non-hydrogen) atoms. The van der Waals surface area contributed by atoms with Crippen LogP contribution in [-0.4, -0.2) is 0 Å². The molecule has 0 aliphatic rings. The van der Waals surface area contributed by atoms with Crippen LogP contribution in [0.4, 0.5) is 17.1 Å². The molecule has 2 nitrogen and oxygen atoms in total. The number of rotatable bonds is 5. The van der Waals surface area contributed by atoms with E-state index in [9.17, 15) is 0 Å². The van der Waals surface area contributed by atoms with Crippen LogP contribution in [0.25, 0.3) is 65.7 Å². The molecule has 0 N–H and O–H groups in total.